The van der Waals surface area contributed by atoms with E-state index >= 15 is 0 Å². The standard InChI is InChI=1S/C23H22FN7O/c1-15-26-28-29-30(15)21-14-16(12-13-19(21)24)25-23(32)22-18-10-6-3-7-11-20(18)31(27-22)17-8-4-2-5-9-17/h2,4-5,8-9,12-14H,3,6-7,10-11H2,1H3,(H,25,32). The highest BCUT2D eigenvalue weighted by molar-refractivity contribution is 6.04. The van der Waals surface area contributed by atoms with E-state index in [0.717, 1.165) is 49.0 Å². The molecule has 32 heavy (non-hydrogen) atoms. The molecule has 0 radical (unpaired) electrons. The van der Waals surface area contributed by atoms with E-state index in [2.05, 4.69) is 20.8 Å². The molecule has 2 heterocycles. The van der Waals surface area contributed by atoms with E-state index < -0.39 is 5.82 Å². The molecule has 0 unspecified atom stereocenters. The molecule has 1 amide bonds. The third-order valence-corrected chi connectivity index (χ3v) is 5.70. The number of carbonyl (C=O) groups is 1. The highest BCUT2D eigenvalue weighted by Gasteiger charge is 2.25. The first-order valence-electron chi connectivity index (χ1n) is 10.6. The number of aromatic nitrogens is 6. The largest absolute Gasteiger partial charge is 0.321 e. The molecule has 2 aromatic carbocycles. The fraction of sp³-hybridized carbons (Fsp3) is 0.261. The maximum absolute atomic E-state index is 14.4. The van der Waals surface area contributed by atoms with Gasteiger partial charge in [-0.15, -0.1) is 5.10 Å². The van der Waals surface area contributed by atoms with Gasteiger partial charge in [-0.1, -0.05) is 24.6 Å². The lowest BCUT2D eigenvalue weighted by Gasteiger charge is -2.09. The fourth-order valence-electron chi connectivity index (χ4n) is 4.14. The highest BCUT2D eigenvalue weighted by atomic mass is 19.1. The number of para-hydroxylation sites is 1. The topological polar surface area (TPSA) is 90.5 Å². The van der Waals surface area contributed by atoms with Crippen molar-refractivity contribution in [3.8, 4) is 11.4 Å². The van der Waals surface area contributed by atoms with Gasteiger partial charge in [0.2, 0.25) is 0 Å². The first-order chi connectivity index (χ1) is 15.6. The third kappa shape index (κ3) is 3.66. The van der Waals surface area contributed by atoms with Crippen molar-refractivity contribution in [2.24, 2.45) is 0 Å². The summed E-state index contributed by atoms with van der Waals surface area (Å²) in [5.41, 5.74) is 4.03. The van der Waals surface area contributed by atoms with Crippen LogP contribution in [0.1, 0.15) is 46.8 Å². The van der Waals surface area contributed by atoms with Crippen LogP contribution >= 0.6 is 0 Å². The molecule has 0 fully saturated rings. The number of anilines is 1. The van der Waals surface area contributed by atoms with E-state index in [1.54, 1.807) is 6.92 Å². The van der Waals surface area contributed by atoms with Crippen LogP contribution in [0.4, 0.5) is 10.1 Å². The van der Waals surface area contributed by atoms with Crippen LogP contribution in [0.2, 0.25) is 0 Å². The molecule has 0 spiro atoms. The zero-order valence-electron chi connectivity index (χ0n) is 17.6. The first kappa shape index (κ1) is 20.0. The second kappa shape index (κ2) is 8.33. The number of hydrogen-bond acceptors (Lipinski definition) is 5. The van der Waals surface area contributed by atoms with Gasteiger partial charge in [-0.3, -0.25) is 4.79 Å². The van der Waals surface area contributed by atoms with Crippen molar-refractivity contribution in [1.29, 1.82) is 0 Å². The number of benzene rings is 2. The minimum Gasteiger partial charge on any atom is -0.321 e. The molecular formula is C23H22FN7O. The van der Waals surface area contributed by atoms with Crippen molar-refractivity contribution in [2.75, 3.05) is 5.32 Å². The summed E-state index contributed by atoms with van der Waals surface area (Å²) in [4.78, 5) is 13.3. The molecule has 4 aromatic rings. The fourth-order valence-corrected chi connectivity index (χ4v) is 4.14. The SMILES string of the molecule is Cc1nnnn1-c1cc(NC(=O)c2nn(-c3ccccc3)c3c2CCCCC3)ccc1F. The third-order valence-electron chi connectivity index (χ3n) is 5.70. The average Bonchev–Trinajstić information content (AvgIpc) is 3.31. The van der Waals surface area contributed by atoms with Gasteiger partial charge >= 0.3 is 0 Å². The number of aryl methyl sites for hydroxylation is 1. The van der Waals surface area contributed by atoms with Crippen molar-refractivity contribution < 1.29 is 9.18 Å². The van der Waals surface area contributed by atoms with Crippen LogP contribution in [0, 0.1) is 12.7 Å². The Morgan fingerprint density at radius 2 is 1.84 bits per heavy atom. The quantitative estimate of drug-likeness (QED) is 0.496. The van der Waals surface area contributed by atoms with Gasteiger partial charge in [0.1, 0.15) is 11.5 Å². The maximum atomic E-state index is 14.4. The number of hydrogen-bond donors (Lipinski definition) is 1. The number of fused-ring (bicyclic) bond motifs is 1. The molecule has 5 rings (SSSR count). The van der Waals surface area contributed by atoms with E-state index in [-0.39, 0.29) is 11.6 Å². The Kier molecular flexibility index (Phi) is 5.22. The summed E-state index contributed by atoms with van der Waals surface area (Å²) >= 11 is 0. The number of nitrogens with zero attached hydrogens (tertiary/aromatic N) is 6. The molecular weight excluding hydrogens is 409 g/mol. The molecule has 0 saturated carbocycles. The summed E-state index contributed by atoms with van der Waals surface area (Å²) in [5.74, 6) is -0.358. The van der Waals surface area contributed by atoms with Crippen LogP contribution in [0.5, 0.6) is 0 Å². The molecule has 162 valence electrons. The van der Waals surface area contributed by atoms with E-state index in [4.69, 9.17) is 5.10 Å². The number of nitrogens with one attached hydrogen (secondary N) is 1. The van der Waals surface area contributed by atoms with Gasteiger partial charge in [0, 0.05) is 16.9 Å². The number of amides is 1. The summed E-state index contributed by atoms with van der Waals surface area (Å²) in [7, 11) is 0. The van der Waals surface area contributed by atoms with Crippen LogP contribution in [-0.2, 0) is 12.8 Å². The molecule has 0 atom stereocenters. The summed E-state index contributed by atoms with van der Waals surface area (Å²) in [6.07, 6.45) is 4.90. The lowest BCUT2D eigenvalue weighted by Crippen LogP contribution is -2.15. The second-order valence-electron chi connectivity index (χ2n) is 7.84. The van der Waals surface area contributed by atoms with E-state index in [1.807, 2.05) is 35.0 Å². The minimum absolute atomic E-state index is 0.166. The molecule has 1 aliphatic carbocycles. The molecule has 0 bridgehead atoms. The van der Waals surface area contributed by atoms with Gasteiger partial charge in [-0.25, -0.2) is 9.07 Å². The predicted molar refractivity (Wildman–Crippen MR) is 117 cm³/mol. The second-order valence-corrected chi connectivity index (χ2v) is 7.84. The monoisotopic (exact) mass is 431 g/mol. The Labute approximate surface area is 184 Å². The van der Waals surface area contributed by atoms with Crippen LogP contribution < -0.4 is 5.32 Å². The molecule has 0 saturated heterocycles. The highest BCUT2D eigenvalue weighted by Crippen LogP contribution is 2.27. The molecule has 1 aliphatic rings. The van der Waals surface area contributed by atoms with Crippen LogP contribution in [0.3, 0.4) is 0 Å². The van der Waals surface area contributed by atoms with Crippen LogP contribution in [-0.4, -0.2) is 35.9 Å². The molecule has 9 heteroatoms. The zero-order valence-corrected chi connectivity index (χ0v) is 17.6. The van der Waals surface area contributed by atoms with Crippen molar-refractivity contribution in [2.45, 2.75) is 39.0 Å². The van der Waals surface area contributed by atoms with Gasteiger partial charge in [0.15, 0.2) is 11.5 Å². The van der Waals surface area contributed by atoms with Gasteiger partial charge < -0.3 is 5.32 Å². The number of tetrazole rings is 1. The summed E-state index contributed by atoms with van der Waals surface area (Å²) in [6.45, 7) is 1.68. The van der Waals surface area contributed by atoms with Gasteiger partial charge in [0.05, 0.1) is 5.69 Å². The Morgan fingerprint density at radius 1 is 1.03 bits per heavy atom. The molecule has 1 N–H and O–H groups in total. The number of rotatable bonds is 4. The Morgan fingerprint density at radius 3 is 2.62 bits per heavy atom. The summed E-state index contributed by atoms with van der Waals surface area (Å²) in [6, 6.07) is 14.2. The van der Waals surface area contributed by atoms with Gasteiger partial charge in [0.25, 0.3) is 5.91 Å². The predicted octanol–water partition coefficient (Wildman–Crippen LogP) is 3.82. The Balaban J connectivity index is 1.50. The summed E-state index contributed by atoms with van der Waals surface area (Å²) < 4.78 is 17.6. The summed E-state index contributed by atoms with van der Waals surface area (Å²) in [5, 5.41) is 18.8. The van der Waals surface area contributed by atoms with Crippen molar-refractivity contribution in [1.82, 2.24) is 30.0 Å². The van der Waals surface area contributed by atoms with Crippen LogP contribution in [0.25, 0.3) is 11.4 Å². The Hall–Kier alpha value is -3.88. The van der Waals surface area contributed by atoms with Gasteiger partial charge in [-0.2, -0.15) is 9.78 Å². The van der Waals surface area contributed by atoms with Crippen molar-refractivity contribution >= 4 is 11.6 Å². The number of carbonyl (C=O) groups excluding carboxylic acids is 1. The smallest absolute Gasteiger partial charge is 0.276 e. The normalized spacial score (nSPS) is 13.4. The first-order valence-corrected chi connectivity index (χ1v) is 10.6. The molecule has 0 aliphatic heterocycles. The minimum atomic E-state index is -0.486. The number of halogens is 1. The zero-order chi connectivity index (χ0) is 22.1. The van der Waals surface area contributed by atoms with E-state index in [1.165, 1.54) is 22.9 Å². The van der Waals surface area contributed by atoms with E-state index in [0.29, 0.717) is 17.2 Å². The van der Waals surface area contributed by atoms with Crippen molar-refractivity contribution in [3.05, 3.63) is 77.1 Å². The lowest BCUT2D eigenvalue weighted by molar-refractivity contribution is 0.102. The molecule has 8 nitrogen and oxygen atoms in total. The maximum Gasteiger partial charge on any atom is 0.276 e. The molecule has 2 aromatic heterocycles. The van der Waals surface area contributed by atoms with Crippen molar-refractivity contribution in [3.63, 3.8) is 0 Å². The lowest BCUT2D eigenvalue weighted by atomic mass is 10.1. The van der Waals surface area contributed by atoms with Crippen LogP contribution in [0.15, 0.2) is 48.5 Å². The van der Waals surface area contributed by atoms with E-state index in [9.17, 15) is 9.18 Å². The van der Waals surface area contributed by atoms with Gasteiger partial charge in [-0.05, 0) is 73.4 Å². The Bertz CT molecular complexity index is 1280. The average molecular weight is 431 g/mol.